The molecule has 0 aliphatic carbocycles. The number of likely N-dealkylation sites (N-methyl/N-ethyl adjacent to an activating group) is 1. The number of nitrogens with two attached hydrogens (primary N) is 1. The number of fused-ring (bicyclic) bond motifs is 1. The molecule has 2 saturated heterocycles. The Morgan fingerprint density at radius 3 is 2.70 bits per heavy atom. The maximum Gasteiger partial charge on any atom is 0.278 e. The van der Waals surface area contributed by atoms with E-state index in [0.29, 0.717) is 29.0 Å². The zero-order valence-corrected chi connectivity index (χ0v) is 19.9. The van der Waals surface area contributed by atoms with Crippen molar-refractivity contribution >= 4 is 51.9 Å². The Morgan fingerprint density at radius 1 is 1.42 bits per heavy atom. The van der Waals surface area contributed by atoms with E-state index in [1.54, 1.807) is 6.92 Å². The van der Waals surface area contributed by atoms with E-state index < -0.39 is 28.7 Å². The van der Waals surface area contributed by atoms with Crippen LogP contribution in [-0.2, 0) is 19.2 Å². The third-order valence-corrected chi connectivity index (χ3v) is 8.10. The first-order chi connectivity index (χ1) is 15.6. The van der Waals surface area contributed by atoms with Crippen LogP contribution in [0.3, 0.4) is 0 Å². The number of oxime groups is 1. The van der Waals surface area contributed by atoms with Crippen LogP contribution in [0.1, 0.15) is 12.7 Å². The zero-order valence-electron chi connectivity index (χ0n) is 18.3. The molecule has 0 saturated carbocycles. The number of aromatic nitrogens is 2. The number of piperazine rings is 1. The Bertz CT molecular complexity index is 1070. The number of carboxylic acid groups (broad SMARTS) is 1. The number of hydrogen-bond acceptors (Lipinski definition) is 12. The number of amides is 2. The van der Waals surface area contributed by atoms with Crippen molar-refractivity contribution in [3.63, 3.8) is 0 Å². The summed E-state index contributed by atoms with van der Waals surface area (Å²) in [6, 6.07) is 0. The van der Waals surface area contributed by atoms with Gasteiger partial charge >= 0.3 is 0 Å². The van der Waals surface area contributed by atoms with E-state index >= 15 is 0 Å². The van der Waals surface area contributed by atoms with Gasteiger partial charge in [-0.15, -0.1) is 11.8 Å². The Hall–Kier alpha value is -2.75. The Labute approximate surface area is 197 Å². The number of carbonyl (C=O) groups excluding carboxylic acids is 3. The number of carbonyl (C=O) groups is 3. The molecule has 0 unspecified atom stereocenters. The van der Waals surface area contributed by atoms with Crippen molar-refractivity contribution in [1.29, 1.82) is 0 Å². The van der Waals surface area contributed by atoms with Crippen molar-refractivity contribution < 1.29 is 28.8 Å². The van der Waals surface area contributed by atoms with Gasteiger partial charge in [0.2, 0.25) is 11.5 Å². The van der Waals surface area contributed by atoms with Crippen LogP contribution in [0, 0.1) is 0 Å². The monoisotopic (exact) mass is 496 g/mol. The molecule has 1 aromatic heterocycles. The zero-order chi connectivity index (χ0) is 24.0. The summed E-state index contributed by atoms with van der Waals surface area (Å²) in [5.41, 5.74) is 4.52. The average molecular weight is 497 g/mol. The van der Waals surface area contributed by atoms with Crippen LogP contribution in [0.15, 0.2) is 16.5 Å². The van der Waals surface area contributed by atoms with E-state index in [9.17, 15) is 19.5 Å². The van der Waals surface area contributed by atoms with Gasteiger partial charge < -0.3 is 31.1 Å². The van der Waals surface area contributed by atoms with Crippen LogP contribution in [0.2, 0.25) is 0 Å². The number of nitrogens with one attached hydrogen (secondary N) is 2. The third kappa shape index (κ3) is 3.84. The van der Waals surface area contributed by atoms with Crippen LogP contribution in [0.5, 0.6) is 0 Å². The smallest absolute Gasteiger partial charge is 0.278 e. The van der Waals surface area contributed by atoms with E-state index in [0.717, 1.165) is 24.6 Å². The van der Waals surface area contributed by atoms with Crippen molar-refractivity contribution in [3.8, 4) is 0 Å². The van der Waals surface area contributed by atoms with Crippen molar-refractivity contribution in [3.05, 3.63) is 17.2 Å². The predicted octanol–water partition coefficient (Wildman–Crippen LogP) is -2.73. The first-order valence-electron chi connectivity index (χ1n) is 10.1. The highest BCUT2D eigenvalue weighted by Crippen LogP contribution is 2.47. The molecule has 4 N–H and O–H groups in total. The average Bonchev–Trinajstić information content (AvgIpc) is 3.22. The van der Waals surface area contributed by atoms with E-state index in [4.69, 9.17) is 10.6 Å². The van der Waals surface area contributed by atoms with Crippen LogP contribution < -0.4 is 21.5 Å². The third-order valence-electron chi connectivity index (χ3n) is 6.12. The van der Waals surface area contributed by atoms with Crippen molar-refractivity contribution in [2.75, 3.05) is 51.8 Å². The topological polar surface area (TPSA) is 175 Å². The number of hydrogen-bond donors (Lipinski definition) is 3. The molecule has 0 bridgehead atoms. The lowest BCUT2D eigenvalue weighted by atomic mass is 9.88. The number of aliphatic carboxylic acids is 1. The molecule has 4 heterocycles. The summed E-state index contributed by atoms with van der Waals surface area (Å²) in [6.07, 6.45) is 0. The fraction of sp³-hybridized carbons (Fsp3) is 0.556. The van der Waals surface area contributed by atoms with Gasteiger partial charge in [0, 0.05) is 24.6 Å². The standard InChI is InChI=1S/C18H24N8O5S2/c1-18(22-13(27)10(23-31-3)12-21-17(19)33-24-12)15(30)25-11(14(28)29)9(8-32-16(18)25)26(2)6-4-20-5-7-26/h16,20H,4-8H2,1-3H3,(H3-,19,21,22,24,27,28,29)/t16-,18+/m0/s1. The Morgan fingerprint density at radius 2 is 2.12 bits per heavy atom. The molecular weight excluding hydrogens is 472 g/mol. The Balaban J connectivity index is 1.61. The van der Waals surface area contributed by atoms with Gasteiger partial charge in [-0.3, -0.25) is 19.0 Å². The quantitative estimate of drug-likeness (QED) is 0.162. The molecule has 3 aliphatic rings. The molecule has 0 aromatic carbocycles. The molecule has 2 atom stereocenters. The Kier molecular flexibility index (Phi) is 6.07. The van der Waals surface area contributed by atoms with E-state index in [2.05, 4.69) is 25.1 Å². The van der Waals surface area contributed by atoms with Gasteiger partial charge in [-0.25, -0.2) is 0 Å². The molecule has 2 amide bonds. The first kappa shape index (κ1) is 23.4. The maximum absolute atomic E-state index is 13.3. The van der Waals surface area contributed by atoms with Gasteiger partial charge in [0.1, 0.15) is 29.4 Å². The summed E-state index contributed by atoms with van der Waals surface area (Å²) in [5, 5.41) is 21.3. The molecule has 0 radical (unpaired) electrons. The largest absolute Gasteiger partial charge is 0.543 e. The molecule has 13 nitrogen and oxygen atoms in total. The fourth-order valence-corrected chi connectivity index (χ4v) is 6.32. The van der Waals surface area contributed by atoms with Crippen LogP contribution in [0.25, 0.3) is 0 Å². The van der Waals surface area contributed by atoms with E-state index in [-0.39, 0.29) is 22.4 Å². The van der Waals surface area contributed by atoms with Gasteiger partial charge in [0.25, 0.3) is 11.8 Å². The first-order valence-corrected chi connectivity index (χ1v) is 11.9. The lowest BCUT2D eigenvalue weighted by Gasteiger charge is -2.57. The number of anilines is 1. The molecule has 3 aliphatic heterocycles. The minimum atomic E-state index is -1.40. The number of nitrogens with zero attached hydrogens (tertiary/aromatic N) is 5. The second-order valence-electron chi connectivity index (χ2n) is 8.25. The minimum absolute atomic E-state index is 0.0332. The molecule has 1 aromatic rings. The predicted molar refractivity (Wildman–Crippen MR) is 118 cm³/mol. The summed E-state index contributed by atoms with van der Waals surface area (Å²) in [4.78, 5) is 48.3. The summed E-state index contributed by atoms with van der Waals surface area (Å²) >= 11 is 2.28. The molecule has 33 heavy (non-hydrogen) atoms. The van der Waals surface area contributed by atoms with Crippen molar-refractivity contribution in [2.45, 2.75) is 17.8 Å². The molecule has 0 spiro atoms. The highest BCUT2D eigenvalue weighted by Gasteiger charge is 2.63. The van der Waals surface area contributed by atoms with Gasteiger partial charge in [0.15, 0.2) is 5.13 Å². The number of β-lactam (4-membered cyclic amide) rings is 1. The minimum Gasteiger partial charge on any atom is -0.543 e. The fourth-order valence-electron chi connectivity index (χ4n) is 4.28. The highest BCUT2D eigenvalue weighted by atomic mass is 32.2. The van der Waals surface area contributed by atoms with Crippen LogP contribution >= 0.6 is 23.3 Å². The number of carboxylic acids is 1. The summed E-state index contributed by atoms with van der Waals surface area (Å²) < 4.78 is 4.39. The maximum atomic E-state index is 13.3. The van der Waals surface area contributed by atoms with Crippen LogP contribution in [0.4, 0.5) is 5.13 Å². The van der Waals surface area contributed by atoms with E-state index in [1.807, 2.05) is 7.05 Å². The van der Waals surface area contributed by atoms with Gasteiger partial charge in [-0.2, -0.15) is 9.36 Å². The summed E-state index contributed by atoms with van der Waals surface area (Å²) in [6.45, 7) is 4.44. The lowest BCUT2D eigenvalue weighted by molar-refractivity contribution is -0.874. The normalized spacial score (nSPS) is 27.0. The summed E-state index contributed by atoms with van der Waals surface area (Å²) in [7, 11) is 3.22. The number of nitrogen functional groups attached to an aromatic ring is 1. The SMILES string of the molecule is CON=C(C(=O)N[C@]1(C)C(=O)N2C(C(=O)[O-])=C([N+]3(C)CCNCC3)CS[C@H]21)c1nsc(N)n1. The summed E-state index contributed by atoms with van der Waals surface area (Å²) in [5.74, 6) is -2.33. The number of rotatable bonds is 6. The molecular formula is C18H24N8O5S2. The highest BCUT2D eigenvalue weighted by molar-refractivity contribution is 8.00. The van der Waals surface area contributed by atoms with Gasteiger partial charge in [-0.1, -0.05) is 5.16 Å². The van der Waals surface area contributed by atoms with Crippen molar-refractivity contribution in [2.24, 2.45) is 5.16 Å². The lowest BCUT2D eigenvalue weighted by Crippen LogP contribution is -2.79. The molecule has 15 heteroatoms. The second kappa shape index (κ2) is 8.55. The molecule has 4 rings (SSSR count). The number of thioether (sulfide) groups is 1. The number of quaternary nitrogens is 1. The van der Waals surface area contributed by atoms with Gasteiger partial charge in [-0.05, 0) is 6.92 Å². The van der Waals surface area contributed by atoms with Gasteiger partial charge in [0.05, 0.1) is 31.9 Å². The van der Waals surface area contributed by atoms with Crippen molar-refractivity contribution in [1.82, 2.24) is 24.9 Å². The van der Waals surface area contributed by atoms with Crippen LogP contribution in [-0.4, -0.2) is 99.2 Å². The van der Waals surface area contributed by atoms with E-state index in [1.165, 1.54) is 23.8 Å². The molecule has 178 valence electrons. The second-order valence-corrected chi connectivity index (χ2v) is 10.1. The molecule has 2 fully saturated rings.